The summed E-state index contributed by atoms with van der Waals surface area (Å²) in [5, 5.41) is -0.417. The van der Waals surface area contributed by atoms with Gasteiger partial charge in [0, 0.05) is 12.3 Å². The van der Waals surface area contributed by atoms with Gasteiger partial charge in [0.25, 0.3) is 0 Å². The smallest absolute Gasteiger partial charge is 0.419 e. The zero-order valence-electron chi connectivity index (χ0n) is 6.52. The molecule has 1 aromatic rings. The number of pyridine rings is 1. The Bertz CT molecular complexity index is 313. The first-order chi connectivity index (χ1) is 5.95. The van der Waals surface area contributed by atoms with Gasteiger partial charge in [0.15, 0.2) is 0 Å². The number of halogens is 4. The van der Waals surface area contributed by atoms with E-state index in [2.05, 4.69) is 9.72 Å². The van der Waals surface area contributed by atoms with Gasteiger partial charge in [0.1, 0.15) is 0 Å². The van der Waals surface area contributed by atoms with Crippen LogP contribution < -0.4 is 4.74 Å². The van der Waals surface area contributed by atoms with Crippen molar-refractivity contribution >= 4 is 11.6 Å². The fraction of sp³-hybridized carbons (Fsp3) is 0.286. The number of rotatable bonds is 1. The molecule has 0 aliphatic rings. The Balaban J connectivity index is 3.13. The van der Waals surface area contributed by atoms with E-state index in [0.29, 0.717) is 6.20 Å². The van der Waals surface area contributed by atoms with Gasteiger partial charge in [0.05, 0.1) is 17.7 Å². The summed E-state index contributed by atoms with van der Waals surface area (Å²) in [6, 6.07) is 1.02. The molecular weight excluding hydrogens is 207 g/mol. The maximum Gasteiger partial charge on any atom is 0.419 e. The Morgan fingerprint density at radius 1 is 1.46 bits per heavy atom. The van der Waals surface area contributed by atoms with E-state index >= 15 is 0 Å². The van der Waals surface area contributed by atoms with E-state index in [1.54, 1.807) is 0 Å². The van der Waals surface area contributed by atoms with Crippen LogP contribution in [0.1, 0.15) is 5.56 Å². The van der Waals surface area contributed by atoms with Crippen molar-refractivity contribution < 1.29 is 17.9 Å². The van der Waals surface area contributed by atoms with Crippen LogP contribution in [0.3, 0.4) is 0 Å². The first-order valence-electron chi connectivity index (χ1n) is 3.22. The Morgan fingerprint density at radius 2 is 2.08 bits per heavy atom. The zero-order chi connectivity index (χ0) is 10.1. The Kier molecular flexibility index (Phi) is 2.66. The molecule has 0 amide bonds. The minimum Gasteiger partial charge on any atom is -0.481 e. The average Bonchev–Trinajstić information content (AvgIpc) is 2.01. The first-order valence-corrected chi connectivity index (χ1v) is 3.59. The van der Waals surface area contributed by atoms with Crippen molar-refractivity contribution in [3.05, 3.63) is 22.8 Å². The van der Waals surface area contributed by atoms with Gasteiger partial charge < -0.3 is 4.74 Å². The molecule has 0 aromatic carbocycles. The molecule has 0 aliphatic carbocycles. The Labute approximate surface area is 77.3 Å². The van der Waals surface area contributed by atoms with Crippen LogP contribution in [0.5, 0.6) is 5.88 Å². The molecule has 72 valence electrons. The maximum atomic E-state index is 12.1. The lowest BCUT2D eigenvalue weighted by Gasteiger charge is -2.08. The summed E-state index contributed by atoms with van der Waals surface area (Å²) >= 11 is 5.35. The summed E-state index contributed by atoms with van der Waals surface area (Å²) in [5.41, 5.74) is -0.963. The van der Waals surface area contributed by atoms with Gasteiger partial charge in [-0.2, -0.15) is 13.2 Å². The van der Waals surface area contributed by atoms with Crippen molar-refractivity contribution in [2.75, 3.05) is 7.11 Å². The fourth-order valence-corrected chi connectivity index (χ4v) is 0.983. The molecule has 0 fully saturated rings. The molecule has 1 aromatic heterocycles. The molecule has 0 unspecified atom stereocenters. The highest BCUT2D eigenvalue weighted by atomic mass is 35.5. The van der Waals surface area contributed by atoms with Crippen LogP contribution in [-0.4, -0.2) is 12.1 Å². The van der Waals surface area contributed by atoms with E-state index < -0.39 is 16.8 Å². The van der Waals surface area contributed by atoms with Gasteiger partial charge in [-0.25, -0.2) is 4.98 Å². The molecule has 2 nitrogen and oxygen atoms in total. The van der Waals surface area contributed by atoms with Crippen molar-refractivity contribution in [3.8, 4) is 5.88 Å². The minimum atomic E-state index is -4.48. The molecule has 0 saturated heterocycles. The molecule has 0 radical (unpaired) electrons. The number of methoxy groups -OCH3 is 1. The third-order valence-electron chi connectivity index (χ3n) is 1.34. The van der Waals surface area contributed by atoms with E-state index in [-0.39, 0.29) is 5.88 Å². The molecule has 0 atom stereocenters. The predicted molar refractivity (Wildman–Crippen MR) is 40.8 cm³/mol. The molecule has 6 heteroatoms. The van der Waals surface area contributed by atoms with Crippen molar-refractivity contribution in [3.63, 3.8) is 0 Å². The predicted octanol–water partition coefficient (Wildman–Crippen LogP) is 2.76. The van der Waals surface area contributed by atoms with E-state index in [1.165, 1.54) is 7.11 Å². The summed E-state index contributed by atoms with van der Waals surface area (Å²) in [5.74, 6) is 0.0537. The number of nitrogens with zero attached hydrogens (tertiary/aromatic N) is 1. The van der Waals surface area contributed by atoms with Crippen LogP contribution in [-0.2, 0) is 6.18 Å². The van der Waals surface area contributed by atoms with Crippen molar-refractivity contribution in [2.45, 2.75) is 6.18 Å². The van der Waals surface area contributed by atoms with Gasteiger partial charge in [-0.15, -0.1) is 0 Å². The third-order valence-corrected chi connectivity index (χ3v) is 1.66. The quantitative estimate of drug-likeness (QED) is 0.713. The van der Waals surface area contributed by atoms with Crippen molar-refractivity contribution in [1.82, 2.24) is 4.98 Å². The van der Waals surface area contributed by atoms with E-state index in [9.17, 15) is 13.2 Å². The standard InChI is InChI=1S/C7H5ClF3NO/c1-13-6-2-5(8)4(3-12-6)7(9,10)11/h2-3H,1H3. The van der Waals surface area contributed by atoms with Crippen LogP contribution in [0.2, 0.25) is 5.02 Å². The van der Waals surface area contributed by atoms with Crippen LogP contribution in [0.25, 0.3) is 0 Å². The Morgan fingerprint density at radius 3 is 2.46 bits per heavy atom. The average molecular weight is 212 g/mol. The molecule has 13 heavy (non-hydrogen) atoms. The summed E-state index contributed by atoms with van der Waals surface area (Å²) < 4.78 is 41.0. The summed E-state index contributed by atoms with van der Waals surface area (Å²) in [4.78, 5) is 3.40. The van der Waals surface area contributed by atoms with Crippen molar-refractivity contribution in [1.29, 1.82) is 0 Å². The number of ether oxygens (including phenoxy) is 1. The zero-order valence-corrected chi connectivity index (χ0v) is 7.28. The second-order valence-corrected chi connectivity index (χ2v) is 2.61. The molecule has 0 N–H and O–H groups in total. The highest BCUT2D eigenvalue weighted by Crippen LogP contribution is 2.35. The van der Waals surface area contributed by atoms with Crippen LogP contribution in [0.4, 0.5) is 13.2 Å². The second-order valence-electron chi connectivity index (χ2n) is 2.20. The fourth-order valence-electron chi connectivity index (χ4n) is 0.733. The highest BCUT2D eigenvalue weighted by Gasteiger charge is 2.33. The molecule has 0 saturated carbocycles. The molecular formula is C7H5ClF3NO. The van der Waals surface area contributed by atoms with Gasteiger partial charge in [0.2, 0.25) is 5.88 Å². The first kappa shape index (κ1) is 10.1. The topological polar surface area (TPSA) is 22.1 Å². The van der Waals surface area contributed by atoms with E-state index in [4.69, 9.17) is 11.6 Å². The van der Waals surface area contributed by atoms with Crippen LogP contribution >= 0.6 is 11.6 Å². The lowest BCUT2D eigenvalue weighted by molar-refractivity contribution is -0.137. The van der Waals surface area contributed by atoms with Crippen LogP contribution in [0, 0.1) is 0 Å². The largest absolute Gasteiger partial charge is 0.481 e. The maximum absolute atomic E-state index is 12.1. The minimum absolute atomic E-state index is 0.0537. The van der Waals surface area contributed by atoms with Crippen molar-refractivity contribution in [2.24, 2.45) is 0 Å². The summed E-state index contributed by atoms with van der Waals surface area (Å²) in [6.45, 7) is 0. The number of aromatic nitrogens is 1. The number of hydrogen-bond donors (Lipinski definition) is 0. The normalized spacial score (nSPS) is 11.5. The number of hydrogen-bond acceptors (Lipinski definition) is 2. The van der Waals surface area contributed by atoms with Gasteiger partial charge in [-0.3, -0.25) is 0 Å². The van der Waals surface area contributed by atoms with E-state index in [0.717, 1.165) is 6.07 Å². The van der Waals surface area contributed by atoms with Gasteiger partial charge >= 0.3 is 6.18 Å². The van der Waals surface area contributed by atoms with Gasteiger partial charge in [-0.1, -0.05) is 11.6 Å². The van der Waals surface area contributed by atoms with Gasteiger partial charge in [-0.05, 0) is 0 Å². The molecule has 1 rings (SSSR count). The summed E-state index contributed by atoms with van der Waals surface area (Å²) in [7, 11) is 1.30. The highest BCUT2D eigenvalue weighted by molar-refractivity contribution is 6.31. The second kappa shape index (κ2) is 3.41. The summed E-state index contributed by atoms with van der Waals surface area (Å²) in [6.07, 6.45) is -3.84. The monoisotopic (exact) mass is 211 g/mol. The molecule has 1 heterocycles. The molecule has 0 spiro atoms. The number of alkyl halides is 3. The lowest BCUT2D eigenvalue weighted by atomic mass is 10.3. The van der Waals surface area contributed by atoms with Crippen LogP contribution in [0.15, 0.2) is 12.3 Å². The molecule has 0 bridgehead atoms. The SMILES string of the molecule is COc1cc(Cl)c(C(F)(F)F)cn1. The Hall–Kier alpha value is -0.970. The lowest BCUT2D eigenvalue weighted by Crippen LogP contribution is -2.06. The third kappa shape index (κ3) is 2.24. The molecule has 0 aliphatic heterocycles. The van der Waals surface area contributed by atoms with E-state index in [1.807, 2.05) is 0 Å².